The number of para-hydroxylation sites is 2. The zero-order valence-corrected chi connectivity index (χ0v) is 36.6. The van der Waals surface area contributed by atoms with Crippen molar-refractivity contribution in [2.45, 2.75) is 0 Å². The van der Waals surface area contributed by atoms with E-state index < -0.39 is 0 Å². The smallest absolute Gasteiger partial charge is 0.167 e. The summed E-state index contributed by atoms with van der Waals surface area (Å²) in [6.07, 6.45) is 0. The number of hydrogen-bond donors (Lipinski definition) is 0. The number of fused-ring (bicyclic) bond motifs is 14. The van der Waals surface area contributed by atoms with Crippen molar-refractivity contribution in [1.29, 1.82) is 0 Å². The third-order valence-corrected chi connectivity index (χ3v) is 15.8. The van der Waals surface area contributed by atoms with Gasteiger partial charge in [0.15, 0.2) is 17.5 Å². The molecule has 306 valence electrons. The summed E-state index contributed by atoms with van der Waals surface area (Å²) in [5.41, 5.74) is 7.57. The first kappa shape index (κ1) is 36.1. The highest BCUT2D eigenvalue weighted by atomic mass is 32.1. The van der Waals surface area contributed by atoms with Gasteiger partial charge in [-0.1, -0.05) is 127 Å². The van der Waals surface area contributed by atoms with Gasteiger partial charge in [0.2, 0.25) is 0 Å². The maximum Gasteiger partial charge on any atom is 0.167 e. The van der Waals surface area contributed by atoms with Gasteiger partial charge in [0.25, 0.3) is 0 Å². The van der Waals surface area contributed by atoms with E-state index in [4.69, 9.17) is 19.4 Å². The number of thiophene rings is 2. The molecule has 5 heterocycles. The lowest BCUT2D eigenvalue weighted by Gasteiger charge is -2.17. The van der Waals surface area contributed by atoms with Gasteiger partial charge in [-0.05, 0) is 88.3 Å². The fourth-order valence-corrected chi connectivity index (χ4v) is 12.7. The Morgan fingerprint density at radius 1 is 0.364 bits per heavy atom. The molecule has 5 aromatic heterocycles. The molecule has 0 unspecified atom stereocenters. The van der Waals surface area contributed by atoms with Gasteiger partial charge in [-0.3, -0.25) is 0 Å². The Morgan fingerprint density at radius 3 is 1.61 bits per heavy atom. The van der Waals surface area contributed by atoms with Gasteiger partial charge in [0, 0.05) is 73.0 Å². The monoisotopic (exact) mass is 876 g/mol. The maximum absolute atomic E-state index is 6.68. The van der Waals surface area contributed by atoms with Gasteiger partial charge < -0.3 is 8.98 Å². The number of nitrogens with zero attached hydrogens (tertiary/aromatic N) is 4. The summed E-state index contributed by atoms with van der Waals surface area (Å²) < 4.78 is 14.0. The van der Waals surface area contributed by atoms with Crippen LogP contribution in [0.1, 0.15) is 0 Å². The molecule has 15 rings (SSSR count). The molecule has 0 radical (unpaired) electrons. The van der Waals surface area contributed by atoms with Gasteiger partial charge in [-0.25, -0.2) is 15.0 Å². The van der Waals surface area contributed by atoms with E-state index in [1.165, 1.54) is 68.0 Å². The van der Waals surface area contributed by atoms with E-state index in [-0.39, 0.29) is 0 Å². The standard InChI is InChI=1S/C59H32N4OS2/c1-3-15-35-31-47-45(29-33(35)13-1)46-30-34-14-2-4-16-36(34)32-48(46)63(47)54-42(27-28-52-53(54)41-19-7-10-26-51(41)65-52)57-60-58(43-22-11-20-39-37-17-5-8-24-49(37)64-55(39)43)62-59(61-57)44-23-12-21-40-38-18-6-9-25-50(38)66-56(40)44/h1-32H. The van der Waals surface area contributed by atoms with Crippen molar-refractivity contribution in [2.24, 2.45) is 0 Å². The summed E-state index contributed by atoms with van der Waals surface area (Å²) in [5, 5.41) is 14.0. The molecule has 0 saturated carbocycles. The third-order valence-electron chi connectivity index (χ3n) is 13.4. The molecule has 0 saturated heterocycles. The zero-order chi connectivity index (χ0) is 43.0. The Balaban J connectivity index is 1.11. The first-order valence-corrected chi connectivity index (χ1v) is 23.7. The summed E-state index contributed by atoms with van der Waals surface area (Å²) in [4.78, 5) is 16.6. The first-order chi connectivity index (χ1) is 32.7. The maximum atomic E-state index is 6.68. The molecule has 0 aliphatic carbocycles. The van der Waals surface area contributed by atoms with Crippen molar-refractivity contribution in [2.75, 3.05) is 0 Å². The fourth-order valence-electron chi connectivity index (χ4n) is 10.4. The largest absolute Gasteiger partial charge is 0.455 e. The molecular weight excluding hydrogens is 845 g/mol. The highest BCUT2D eigenvalue weighted by molar-refractivity contribution is 7.26. The second-order valence-corrected chi connectivity index (χ2v) is 19.2. The number of furan rings is 1. The molecule has 7 heteroatoms. The van der Waals surface area contributed by atoms with Gasteiger partial charge in [0.1, 0.15) is 11.2 Å². The molecular formula is C59H32N4OS2. The molecule has 0 spiro atoms. The molecule has 15 aromatic rings. The Morgan fingerprint density at radius 2 is 0.894 bits per heavy atom. The lowest BCUT2D eigenvalue weighted by Crippen LogP contribution is -2.04. The highest BCUT2D eigenvalue weighted by Gasteiger charge is 2.26. The summed E-state index contributed by atoms with van der Waals surface area (Å²) in [5.74, 6) is 1.75. The van der Waals surface area contributed by atoms with Crippen LogP contribution in [0.5, 0.6) is 0 Å². The van der Waals surface area contributed by atoms with E-state index >= 15 is 0 Å². The first-order valence-electron chi connectivity index (χ1n) is 22.1. The van der Waals surface area contributed by atoms with Crippen LogP contribution in [0.2, 0.25) is 0 Å². The molecule has 0 bridgehead atoms. The van der Waals surface area contributed by atoms with Crippen molar-refractivity contribution in [3.05, 3.63) is 194 Å². The van der Waals surface area contributed by atoms with Crippen LogP contribution in [0, 0.1) is 0 Å². The van der Waals surface area contributed by atoms with E-state index in [9.17, 15) is 0 Å². The average molecular weight is 877 g/mol. The Labute approximate surface area is 384 Å². The van der Waals surface area contributed by atoms with Crippen LogP contribution in [0.4, 0.5) is 0 Å². The van der Waals surface area contributed by atoms with Crippen LogP contribution in [0.3, 0.4) is 0 Å². The fraction of sp³-hybridized carbons (Fsp3) is 0. The predicted molar refractivity (Wildman–Crippen MR) is 279 cm³/mol. The number of aromatic nitrogens is 4. The van der Waals surface area contributed by atoms with E-state index in [0.717, 1.165) is 60.0 Å². The SMILES string of the molecule is c1ccc2cc3c(cc2c1)c1cc2ccccc2cc1n3-c1c(-c2nc(-c3cccc4c3oc3ccccc34)nc(-c3cccc4c3sc3ccccc34)n2)ccc2sc3ccccc3c12. The normalized spacial score (nSPS) is 12.2. The van der Waals surface area contributed by atoms with Crippen LogP contribution in [0.15, 0.2) is 199 Å². The number of rotatable bonds is 4. The zero-order valence-electron chi connectivity index (χ0n) is 35.0. The highest BCUT2D eigenvalue weighted by Crippen LogP contribution is 2.47. The van der Waals surface area contributed by atoms with Crippen LogP contribution >= 0.6 is 22.7 Å². The van der Waals surface area contributed by atoms with E-state index in [0.29, 0.717) is 17.5 Å². The molecule has 0 N–H and O–H groups in total. The van der Waals surface area contributed by atoms with Gasteiger partial charge in [0.05, 0.1) is 22.3 Å². The quantitative estimate of drug-likeness (QED) is 0.177. The summed E-state index contributed by atoms with van der Waals surface area (Å²) in [6, 6.07) is 69.7. The molecule has 0 aliphatic rings. The van der Waals surface area contributed by atoms with Crippen LogP contribution in [0.25, 0.3) is 145 Å². The number of hydrogen-bond acceptors (Lipinski definition) is 6. The Hall–Kier alpha value is -8.23. The summed E-state index contributed by atoms with van der Waals surface area (Å²) >= 11 is 3.60. The van der Waals surface area contributed by atoms with E-state index in [1.807, 2.05) is 23.5 Å². The molecule has 0 amide bonds. The second-order valence-electron chi connectivity index (χ2n) is 17.1. The molecule has 0 aliphatic heterocycles. The topological polar surface area (TPSA) is 56.7 Å². The minimum absolute atomic E-state index is 0.554. The van der Waals surface area contributed by atoms with Crippen molar-refractivity contribution < 1.29 is 4.42 Å². The van der Waals surface area contributed by atoms with Crippen LogP contribution in [-0.4, -0.2) is 19.5 Å². The Kier molecular flexibility index (Phi) is 7.47. The van der Waals surface area contributed by atoms with Gasteiger partial charge in [-0.15, -0.1) is 22.7 Å². The summed E-state index contributed by atoms with van der Waals surface area (Å²) in [7, 11) is 0. The summed E-state index contributed by atoms with van der Waals surface area (Å²) in [6.45, 7) is 0. The number of benzene rings is 10. The molecule has 0 fully saturated rings. The minimum atomic E-state index is 0.554. The van der Waals surface area contributed by atoms with Crippen molar-refractivity contribution in [1.82, 2.24) is 19.5 Å². The van der Waals surface area contributed by atoms with Crippen molar-refractivity contribution >= 4 is 128 Å². The van der Waals surface area contributed by atoms with E-state index in [2.05, 4.69) is 187 Å². The second kappa shape index (κ2) is 13.6. The van der Waals surface area contributed by atoms with Gasteiger partial charge in [-0.2, -0.15) is 0 Å². The van der Waals surface area contributed by atoms with E-state index in [1.54, 1.807) is 11.3 Å². The lowest BCUT2D eigenvalue weighted by molar-refractivity contribution is 0.669. The van der Waals surface area contributed by atoms with Crippen molar-refractivity contribution in [3.63, 3.8) is 0 Å². The molecule has 10 aromatic carbocycles. The Bertz CT molecular complexity index is 4330. The molecule has 66 heavy (non-hydrogen) atoms. The predicted octanol–water partition coefficient (Wildman–Crippen LogP) is 16.9. The minimum Gasteiger partial charge on any atom is -0.455 e. The van der Waals surface area contributed by atoms with Gasteiger partial charge >= 0.3 is 0 Å². The van der Waals surface area contributed by atoms with Crippen LogP contribution in [-0.2, 0) is 0 Å². The lowest BCUT2D eigenvalue weighted by atomic mass is 10.0. The molecule has 5 nitrogen and oxygen atoms in total. The third kappa shape index (κ3) is 5.18. The molecule has 0 atom stereocenters. The van der Waals surface area contributed by atoms with Crippen molar-refractivity contribution in [3.8, 4) is 39.9 Å². The van der Waals surface area contributed by atoms with Crippen LogP contribution < -0.4 is 0 Å². The average Bonchev–Trinajstić information content (AvgIpc) is 4.13.